The number of rotatable bonds is 0. The number of benzene rings is 2. The van der Waals surface area contributed by atoms with Crippen molar-refractivity contribution in [3.8, 4) is 0 Å². The summed E-state index contributed by atoms with van der Waals surface area (Å²) in [6.07, 6.45) is 2.41. The Kier molecular flexibility index (Phi) is 2.91. The maximum absolute atomic E-state index is 13.6. The Morgan fingerprint density at radius 2 is 1.72 bits per heavy atom. The maximum atomic E-state index is 13.6. The highest BCUT2D eigenvalue weighted by molar-refractivity contribution is 6.25. The Hall–Kier alpha value is -2.62. The topological polar surface area (TPSA) is 40.6 Å². The normalized spacial score (nSPS) is 27.3. The van der Waals surface area contributed by atoms with Crippen LogP contribution >= 0.6 is 0 Å². The Balaban J connectivity index is 1.76. The molecule has 2 atom stereocenters. The van der Waals surface area contributed by atoms with Crippen LogP contribution in [0.5, 0.6) is 0 Å². The predicted octanol–water partition coefficient (Wildman–Crippen LogP) is 3.06. The van der Waals surface area contributed by atoms with Crippen molar-refractivity contribution in [1.82, 2.24) is 0 Å². The zero-order valence-electron chi connectivity index (χ0n) is 14.2. The van der Waals surface area contributed by atoms with Crippen LogP contribution in [-0.2, 0) is 11.2 Å². The van der Waals surface area contributed by atoms with E-state index in [1.165, 1.54) is 5.69 Å². The molecule has 5 rings (SSSR count). The van der Waals surface area contributed by atoms with Gasteiger partial charge in [-0.25, -0.2) is 0 Å². The molecule has 4 nitrogen and oxygen atoms in total. The fraction of sp³-hybridized carbons (Fsp3) is 0.333. The van der Waals surface area contributed by atoms with Crippen molar-refractivity contribution in [2.24, 2.45) is 5.41 Å². The summed E-state index contributed by atoms with van der Waals surface area (Å²) in [5.41, 5.74) is 2.71. The molecule has 0 unspecified atom stereocenters. The smallest absolute Gasteiger partial charge is 0.243 e. The number of anilines is 2. The lowest BCUT2D eigenvalue weighted by atomic mass is 9.64. The Morgan fingerprint density at radius 1 is 1.00 bits per heavy atom. The van der Waals surface area contributed by atoms with Crippen LogP contribution in [0.4, 0.5) is 11.4 Å². The van der Waals surface area contributed by atoms with E-state index in [9.17, 15) is 9.59 Å². The molecule has 0 aromatic heterocycles. The number of ketones is 1. The average molecular weight is 332 g/mol. The molecular formula is C21H20N2O2. The van der Waals surface area contributed by atoms with Crippen LogP contribution in [0.15, 0.2) is 48.5 Å². The highest BCUT2D eigenvalue weighted by Crippen LogP contribution is 2.51. The van der Waals surface area contributed by atoms with Crippen molar-refractivity contribution >= 4 is 23.1 Å². The first-order chi connectivity index (χ1) is 12.1. The molecule has 1 amide bonds. The lowest BCUT2D eigenvalue weighted by Gasteiger charge is -2.50. The van der Waals surface area contributed by atoms with Gasteiger partial charge in [-0.3, -0.25) is 9.59 Å². The fourth-order valence-corrected chi connectivity index (χ4v) is 5.08. The maximum Gasteiger partial charge on any atom is 0.243 e. The second kappa shape index (κ2) is 4.94. The predicted molar refractivity (Wildman–Crippen MR) is 97.1 cm³/mol. The van der Waals surface area contributed by atoms with Gasteiger partial charge in [0.1, 0.15) is 5.41 Å². The number of hydrogen-bond acceptors (Lipinski definition) is 3. The van der Waals surface area contributed by atoms with Gasteiger partial charge in [-0.05, 0) is 43.0 Å². The largest absolute Gasteiger partial charge is 0.367 e. The van der Waals surface area contributed by atoms with E-state index in [2.05, 4.69) is 17.0 Å². The van der Waals surface area contributed by atoms with Crippen molar-refractivity contribution in [3.05, 3.63) is 59.7 Å². The zero-order valence-corrected chi connectivity index (χ0v) is 14.2. The number of hydrogen-bond donors (Lipinski definition) is 0. The summed E-state index contributed by atoms with van der Waals surface area (Å²) in [7, 11) is 1.80. The van der Waals surface area contributed by atoms with E-state index in [0.717, 1.165) is 30.6 Å². The SMILES string of the molecule is CN1C(=O)[C@@]2(Cc3ccccc3N3CCC[C@@H]32)C(=O)c2ccccc21. The number of Topliss-reactive ketones (excluding diaryl/α,β-unsaturated/α-hetero) is 1. The summed E-state index contributed by atoms with van der Waals surface area (Å²) >= 11 is 0. The average Bonchev–Trinajstić information content (AvgIpc) is 3.15. The summed E-state index contributed by atoms with van der Waals surface area (Å²) in [6.45, 7) is 0.912. The van der Waals surface area contributed by atoms with Crippen molar-refractivity contribution < 1.29 is 9.59 Å². The van der Waals surface area contributed by atoms with E-state index >= 15 is 0 Å². The molecule has 0 N–H and O–H groups in total. The third-order valence-electron chi connectivity index (χ3n) is 6.19. The Labute approximate surface area is 147 Å². The van der Waals surface area contributed by atoms with Crippen LogP contribution in [0.25, 0.3) is 0 Å². The van der Waals surface area contributed by atoms with Crippen LogP contribution in [0, 0.1) is 5.41 Å². The number of para-hydroxylation sites is 2. The summed E-state index contributed by atoms with van der Waals surface area (Å²) in [5, 5.41) is 0. The highest BCUT2D eigenvalue weighted by Gasteiger charge is 2.61. The van der Waals surface area contributed by atoms with E-state index in [1.807, 2.05) is 36.4 Å². The standard InChI is InChI=1S/C21H20N2O2/c1-22-17-10-5-3-8-15(17)19(24)21(20(22)25)13-14-7-2-4-9-16(14)23-12-6-11-18(21)23/h2-5,7-10,18H,6,11-13H2,1H3/t18-,21-/m1/s1. The fourth-order valence-electron chi connectivity index (χ4n) is 5.08. The lowest BCUT2D eigenvalue weighted by Crippen LogP contribution is -2.63. The number of amides is 1. The van der Waals surface area contributed by atoms with Gasteiger partial charge < -0.3 is 9.80 Å². The van der Waals surface area contributed by atoms with Crippen LogP contribution in [-0.4, -0.2) is 31.3 Å². The molecule has 4 heteroatoms. The molecule has 3 aliphatic rings. The third kappa shape index (κ3) is 1.72. The molecule has 3 aliphatic heterocycles. The van der Waals surface area contributed by atoms with E-state index < -0.39 is 5.41 Å². The first-order valence-electron chi connectivity index (χ1n) is 8.91. The molecular weight excluding hydrogens is 312 g/mol. The third-order valence-corrected chi connectivity index (χ3v) is 6.19. The van der Waals surface area contributed by atoms with E-state index in [4.69, 9.17) is 0 Å². The van der Waals surface area contributed by atoms with Crippen LogP contribution in [0.1, 0.15) is 28.8 Å². The van der Waals surface area contributed by atoms with Crippen molar-refractivity contribution in [2.75, 3.05) is 23.4 Å². The van der Waals surface area contributed by atoms with Gasteiger partial charge in [0.2, 0.25) is 5.91 Å². The van der Waals surface area contributed by atoms with E-state index in [-0.39, 0.29) is 17.7 Å². The summed E-state index contributed by atoms with van der Waals surface area (Å²) in [5.74, 6) is -0.0554. The molecule has 0 aliphatic carbocycles. The van der Waals surface area contributed by atoms with Gasteiger partial charge in [0.05, 0.1) is 11.7 Å². The number of fused-ring (bicyclic) bond motifs is 5. The Bertz CT molecular complexity index is 906. The molecule has 0 saturated carbocycles. The van der Waals surface area contributed by atoms with E-state index in [0.29, 0.717) is 12.0 Å². The van der Waals surface area contributed by atoms with Crippen LogP contribution in [0.2, 0.25) is 0 Å². The number of carbonyl (C=O) groups excluding carboxylic acids is 2. The minimum Gasteiger partial charge on any atom is -0.367 e. The molecule has 0 bridgehead atoms. The van der Waals surface area contributed by atoms with E-state index in [1.54, 1.807) is 11.9 Å². The molecule has 1 saturated heterocycles. The highest BCUT2D eigenvalue weighted by atomic mass is 16.2. The van der Waals surface area contributed by atoms with Crippen LogP contribution in [0.3, 0.4) is 0 Å². The monoisotopic (exact) mass is 332 g/mol. The van der Waals surface area contributed by atoms with Gasteiger partial charge in [-0.1, -0.05) is 30.3 Å². The van der Waals surface area contributed by atoms with Crippen LogP contribution < -0.4 is 9.80 Å². The van der Waals surface area contributed by atoms with Gasteiger partial charge in [0.15, 0.2) is 5.78 Å². The lowest BCUT2D eigenvalue weighted by molar-refractivity contribution is -0.127. The van der Waals surface area contributed by atoms with Crippen molar-refractivity contribution in [2.45, 2.75) is 25.3 Å². The summed E-state index contributed by atoms with van der Waals surface area (Å²) in [4.78, 5) is 31.1. The van der Waals surface area contributed by atoms with Crippen molar-refractivity contribution in [1.29, 1.82) is 0 Å². The molecule has 2 aromatic rings. The first kappa shape index (κ1) is 14.7. The minimum absolute atomic E-state index is 0.00222. The molecule has 25 heavy (non-hydrogen) atoms. The van der Waals surface area contributed by atoms with Gasteiger partial charge in [-0.2, -0.15) is 0 Å². The molecule has 126 valence electrons. The van der Waals surface area contributed by atoms with Gasteiger partial charge >= 0.3 is 0 Å². The van der Waals surface area contributed by atoms with Gasteiger partial charge in [0.25, 0.3) is 0 Å². The molecule has 1 fully saturated rings. The molecule has 2 aromatic carbocycles. The van der Waals surface area contributed by atoms with Crippen molar-refractivity contribution in [3.63, 3.8) is 0 Å². The number of nitrogens with zero attached hydrogens (tertiary/aromatic N) is 2. The Morgan fingerprint density at radius 3 is 2.56 bits per heavy atom. The zero-order chi connectivity index (χ0) is 17.2. The summed E-state index contributed by atoms with van der Waals surface area (Å²) in [6, 6.07) is 15.7. The molecule has 1 spiro atoms. The van der Waals surface area contributed by atoms with Gasteiger partial charge in [0, 0.05) is 24.8 Å². The summed E-state index contributed by atoms with van der Waals surface area (Å²) < 4.78 is 0. The second-order valence-corrected chi connectivity index (χ2v) is 7.34. The number of carbonyl (C=O) groups is 2. The first-order valence-corrected chi connectivity index (χ1v) is 8.91. The molecule has 0 radical (unpaired) electrons. The molecule has 3 heterocycles. The minimum atomic E-state index is -0.992. The quantitative estimate of drug-likeness (QED) is 0.696. The van der Waals surface area contributed by atoms with Gasteiger partial charge in [-0.15, -0.1) is 0 Å². The second-order valence-electron chi connectivity index (χ2n) is 7.34.